The minimum atomic E-state index is -0.665. The van der Waals surface area contributed by atoms with Crippen molar-refractivity contribution in [3.63, 3.8) is 0 Å². The molecule has 0 fully saturated rings. The highest BCUT2D eigenvalue weighted by Crippen LogP contribution is 2.24. The number of aryl methyl sites for hydroxylation is 1. The average Bonchev–Trinajstić information content (AvgIpc) is 2.85. The van der Waals surface area contributed by atoms with E-state index in [1.807, 2.05) is 75.4 Å². The summed E-state index contributed by atoms with van der Waals surface area (Å²) in [4.78, 5) is 29.0. The van der Waals surface area contributed by atoms with Gasteiger partial charge >= 0.3 is 0 Å². The van der Waals surface area contributed by atoms with Crippen LogP contribution >= 0.6 is 23.2 Å². The van der Waals surface area contributed by atoms with Gasteiger partial charge in [0.2, 0.25) is 11.8 Å². The molecular formula is C29H32Cl2N2O2. The highest BCUT2D eigenvalue weighted by atomic mass is 35.5. The molecule has 0 saturated heterocycles. The number of halogens is 2. The molecule has 0 unspecified atom stereocenters. The van der Waals surface area contributed by atoms with Crippen LogP contribution in [0.2, 0.25) is 10.0 Å². The first kappa shape index (κ1) is 26.8. The smallest absolute Gasteiger partial charge is 0.243 e. The van der Waals surface area contributed by atoms with Gasteiger partial charge in [-0.15, -0.1) is 0 Å². The Morgan fingerprint density at radius 1 is 0.914 bits per heavy atom. The van der Waals surface area contributed by atoms with Crippen LogP contribution in [0.1, 0.15) is 42.5 Å². The number of hydrogen-bond donors (Lipinski definition) is 1. The van der Waals surface area contributed by atoms with Crippen LogP contribution in [0.4, 0.5) is 0 Å². The molecule has 6 heteroatoms. The maximum absolute atomic E-state index is 13.8. The van der Waals surface area contributed by atoms with Gasteiger partial charge in [-0.25, -0.2) is 0 Å². The molecule has 3 rings (SSSR count). The number of benzene rings is 3. The molecule has 1 N–H and O–H groups in total. The fourth-order valence-electron chi connectivity index (χ4n) is 3.89. The van der Waals surface area contributed by atoms with E-state index in [9.17, 15) is 9.59 Å². The molecule has 0 radical (unpaired) electrons. The lowest BCUT2D eigenvalue weighted by Crippen LogP contribution is -2.52. The van der Waals surface area contributed by atoms with E-state index in [0.717, 1.165) is 28.7 Å². The maximum Gasteiger partial charge on any atom is 0.243 e. The van der Waals surface area contributed by atoms with Gasteiger partial charge in [0, 0.05) is 19.0 Å². The van der Waals surface area contributed by atoms with Crippen LogP contribution in [0.5, 0.6) is 0 Å². The van der Waals surface area contributed by atoms with Gasteiger partial charge in [0.25, 0.3) is 0 Å². The van der Waals surface area contributed by atoms with Crippen molar-refractivity contribution in [2.75, 3.05) is 0 Å². The van der Waals surface area contributed by atoms with Crippen LogP contribution in [0.15, 0.2) is 72.8 Å². The third-order valence-electron chi connectivity index (χ3n) is 6.21. The van der Waals surface area contributed by atoms with E-state index in [0.29, 0.717) is 23.0 Å². The quantitative estimate of drug-likeness (QED) is 0.343. The predicted octanol–water partition coefficient (Wildman–Crippen LogP) is 6.40. The molecule has 3 aromatic carbocycles. The van der Waals surface area contributed by atoms with Gasteiger partial charge in [0.15, 0.2) is 0 Å². The van der Waals surface area contributed by atoms with Crippen molar-refractivity contribution in [3.8, 4) is 0 Å². The fraction of sp³-hybridized carbons (Fsp3) is 0.310. The Balaban J connectivity index is 1.99. The second-order valence-electron chi connectivity index (χ2n) is 8.90. The zero-order chi connectivity index (χ0) is 25.4. The van der Waals surface area contributed by atoms with Gasteiger partial charge in [-0.05, 0) is 54.7 Å². The molecule has 0 aromatic heterocycles. The number of carbonyl (C=O) groups is 2. The molecule has 4 nitrogen and oxygen atoms in total. The monoisotopic (exact) mass is 510 g/mol. The lowest BCUT2D eigenvalue weighted by molar-refractivity contribution is -0.141. The van der Waals surface area contributed by atoms with E-state index < -0.39 is 6.04 Å². The van der Waals surface area contributed by atoms with Gasteiger partial charge in [-0.3, -0.25) is 9.59 Å². The van der Waals surface area contributed by atoms with Crippen LogP contribution < -0.4 is 5.32 Å². The van der Waals surface area contributed by atoms with E-state index in [4.69, 9.17) is 23.2 Å². The Morgan fingerprint density at radius 2 is 1.60 bits per heavy atom. The number of nitrogens with one attached hydrogen (secondary N) is 1. The Kier molecular flexibility index (Phi) is 9.76. The number of rotatable bonds is 10. The second-order valence-corrected chi connectivity index (χ2v) is 9.71. The van der Waals surface area contributed by atoms with E-state index >= 15 is 0 Å². The van der Waals surface area contributed by atoms with Crippen molar-refractivity contribution < 1.29 is 9.59 Å². The van der Waals surface area contributed by atoms with Crippen LogP contribution in [-0.4, -0.2) is 28.8 Å². The van der Waals surface area contributed by atoms with Gasteiger partial charge in [0.05, 0.1) is 16.5 Å². The minimum absolute atomic E-state index is 0.00580. The highest BCUT2D eigenvalue weighted by molar-refractivity contribution is 6.42. The molecule has 0 bridgehead atoms. The summed E-state index contributed by atoms with van der Waals surface area (Å²) in [5, 5.41) is 3.93. The Labute approximate surface area is 218 Å². The van der Waals surface area contributed by atoms with E-state index in [-0.39, 0.29) is 24.3 Å². The summed E-state index contributed by atoms with van der Waals surface area (Å²) in [5.41, 5.74) is 3.82. The molecular weight excluding hydrogens is 479 g/mol. The zero-order valence-corrected chi connectivity index (χ0v) is 21.9. The van der Waals surface area contributed by atoms with Crippen molar-refractivity contribution in [2.24, 2.45) is 0 Å². The molecule has 35 heavy (non-hydrogen) atoms. The topological polar surface area (TPSA) is 49.4 Å². The standard InChI is InChI=1S/C29H32Cl2N2O2/c1-4-21(3)32-29(35)27(17-22-11-6-5-7-12-22)33(19-24-13-9-8-10-20(24)2)28(34)18-23-14-15-25(30)26(31)16-23/h5-16,21,27H,4,17-19H2,1-3H3,(H,32,35)/t21-,27+/m0/s1. The molecule has 0 aliphatic heterocycles. The SMILES string of the molecule is CC[C@H](C)NC(=O)[C@@H](Cc1ccccc1)N(Cc1ccccc1C)C(=O)Cc1ccc(Cl)c(Cl)c1. The first-order chi connectivity index (χ1) is 16.8. The normalized spacial score (nSPS) is 12.6. The second kappa shape index (κ2) is 12.8. The van der Waals surface area contributed by atoms with Gasteiger partial charge < -0.3 is 10.2 Å². The summed E-state index contributed by atoms with van der Waals surface area (Å²) in [6.45, 7) is 6.35. The molecule has 2 atom stereocenters. The van der Waals surface area contributed by atoms with E-state index in [2.05, 4.69) is 5.32 Å². The maximum atomic E-state index is 13.8. The van der Waals surface area contributed by atoms with Gasteiger partial charge in [-0.2, -0.15) is 0 Å². The largest absolute Gasteiger partial charge is 0.352 e. The van der Waals surface area contributed by atoms with E-state index in [1.165, 1.54) is 0 Å². The average molecular weight is 511 g/mol. The fourth-order valence-corrected chi connectivity index (χ4v) is 4.21. The van der Waals surface area contributed by atoms with Crippen molar-refractivity contribution in [1.29, 1.82) is 0 Å². The number of nitrogens with zero attached hydrogens (tertiary/aromatic N) is 1. The number of carbonyl (C=O) groups excluding carboxylic acids is 2. The molecule has 3 aromatic rings. The van der Waals surface area contributed by atoms with Crippen molar-refractivity contribution >= 4 is 35.0 Å². The van der Waals surface area contributed by atoms with E-state index in [1.54, 1.807) is 23.1 Å². The summed E-state index contributed by atoms with van der Waals surface area (Å²) >= 11 is 12.3. The molecule has 0 saturated carbocycles. The summed E-state index contributed by atoms with van der Waals surface area (Å²) in [6, 6.07) is 22.3. The lowest BCUT2D eigenvalue weighted by Gasteiger charge is -2.33. The minimum Gasteiger partial charge on any atom is -0.352 e. The van der Waals surface area contributed by atoms with Crippen LogP contribution in [0.3, 0.4) is 0 Å². The molecule has 0 aliphatic rings. The van der Waals surface area contributed by atoms with Crippen molar-refractivity contribution in [2.45, 2.75) is 58.7 Å². The Hall–Kier alpha value is -2.82. The van der Waals surface area contributed by atoms with Crippen molar-refractivity contribution in [1.82, 2.24) is 10.2 Å². The number of amides is 2. The molecule has 2 amide bonds. The number of hydrogen-bond acceptors (Lipinski definition) is 2. The predicted molar refractivity (Wildman–Crippen MR) is 144 cm³/mol. The van der Waals surface area contributed by atoms with Gasteiger partial charge in [-0.1, -0.05) is 90.8 Å². The zero-order valence-electron chi connectivity index (χ0n) is 20.4. The molecule has 0 heterocycles. The molecule has 0 spiro atoms. The van der Waals surface area contributed by atoms with Crippen LogP contribution in [-0.2, 0) is 29.0 Å². The summed E-state index contributed by atoms with van der Waals surface area (Å²) < 4.78 is 0. The van der Waals surface area contributed by atoms with Crippen LogP contribution in [0.25, 0.3) is 0 Å². The van der Waals surface area contributed by atoms with Gasteiger partial charge in [0.1, 0.15) is 6.04 Å². The molecule has 0 aliphatic carbocycles. The molecule has 184 valence electrons. The highest BCUT2D eigenvalue weighted by Gasteiger charge is 2.31. The summed E-state index contributed by atoms with van der Waals surface area (Å²) in [7, 11) is 0. The van der Waals surface area contributed by atoms with Crippen LogP contribution in [0, 0.1) is 6.92 Å². The third kappa shape index (κ3) is 7.58. The first-order valence-corrected chi connectivity index (χ1v) is 12.7. The van der Waals surface area contributed by atoms with Crippen molar-refractivity contribution in [3.05, 3.63) is 105 Å². The Bertz CT molecular complexity index is 1150. The first-order valence-electron chi connectivity index (χ1n) is 11.9. The Morgan fingerprint density at radius 3 is 2.26 bits per heavy atom. The lowest BCUT2D eigenvalue weighted by atomic mass is 10.00. The summed E-state index contributed by atoms with van der Waals surface area (Å²) in [6.07, 6.45) is 1.34. The third-order valence-corrected chi connectivity index (χ3v) is 6.95. The summed E-state index contributed by atoms with van der Waals surface area (Å²) in [5.74, 6) is -0.300.